The Morgan fingerprint density at radius 3 is 3.20 bits per heavy atom. The van der Waals surface area contributed by atoms with Crippen LogP contribution in [0.2, 0.25) is 0 Å². The van der Waals surface area contributed by atoms with Gasteiger partial charge in [0.25, 0.3) is 0 Å². The zero-order valence-corrected chi connectivity index (χ0v) is 14.4. The molecule has 2 aromatic rings. The van der Waals surface area contributed by atoms with Gasteiger partial charge < -0.3 is 9.84 Å². The summed E-state index contributed by atoms with van der Waals surface area (Å²) in [4.78, 5) is 22.5. The highest BCUT2D eigenvalue weighted by Crippen LogP contribution is 2.17. The number of likely N-dealkylation sites (tertiary alicyclic amines) is 1. The molecule has 132 valence electrons. The van der Waals surface area contributed by atoms with Crippen molar-refractivity contribution in [1.82, 2.24) is 25.3 Å². The highest BCUT2D eigenvalue weighted by atomic mass is 16.5. The van der Waals surface area contributed by atoms with Gasteiger partial charge in [-0.15, -0.1) is 0 Å². The second-order valence-electron chi connectivity index (χ2n) is 6.46. The van der Waals surface area contributed by atoms with Crippen LogP contribution in [0.1, 0.15) is 29.8 Å². The minimum Gasteiger partial charge on any atom is -0.352 e. The summed E-state index contributed by atoms with van der Waals surface area (Å²) in [5.74, 6) is 1.08. The summed E-state index contributed by atoms with van der Waals surface area (Å²) in [6, 6.07) is 1.99. The minimum atomic E-state index is -0.0724. The molecular weight excluding hydrogens is 318 g/mol. The number of amides is 1. The van der Waals surface area contributed by atoms with E-state index in [9.17, 15) is 4.79 Å². The van der Waals surface area contributed by atoms with E-state index in [-0.39, 0.29) is 5.91 Å². The molecule has 3 heterocycles. The summed E-state index contributed by atoms with van der Waals surface area (Å²) in [6.45, 7) is 5.31. The number of carbonyl (C=O) groups is 1. The van der Waals surface area contributed by atoms with Gasteiger partial charge in [-0.3, -0.25) is 14.7 Å². The molecule has 7 nitrogen and oxygen atoms in total. The van der Waals surface area contributed by atoms with Gasteiger partial charge in [-0.2, -0.15) is 4.98 Å². The van der Waals surface area contributed by atoms with Crippen molar-refractivity contribution >= 4 is 12.0 Å². The van der Waals surface area contributed by atoms with E-state index in [0.29, 0.717) is 24.8 Å². The number of rotatable bonds is 6. The smallest absolute Gasteiger partial charge is 0.244 e. The molecule has 1 saturated heterocycles. The largest absolute Gasteiger partial charge is 0.352 e. The van der Waals surface area contributed by atoms with Crippen molar-refractivity contribution < 1.29 is 9.32 Å². The van der Waals surface area contributed by atoms with Crippen LogP contribution in [-0.2, 0) is 11.3 Å². The molecule has 1 N–H and O–H groups in total. The number of carbonyl (C=O) groups excluding carboxylic acids is 1. The number of nitrogens with one attached hydrogen (secondary N) is 1. The van der Waals surface area contributed by atoms with E-state index >= 15 is 0 Å². The van der Waals surface area contributed by atoms with E-state index in [1.54, 1.807) is 24.5 Å². The first-order valence-corrected chi connectivity index (χ1v) is 8.54. The molecule has 7 heteroatoms. The maximum absolute atomic E-state index is 12.0. The highest BCUT2D eigenvalue weighted by Gasteiger charge is 2.21. The third-order valence-corrected chi connectivity index (χ3v) is 4.26. The van der Waals surface area contributed by atoms with Crippen molar-refractivity contribution in [2.45, 2.75) is 26.3 Å². The summed E-state index contributed by atoms with van der Waals surface area (Å²) in [5, 5.41) is 6.85. The molecule has 0 radical (unpaired) electrons. The zero-order chi connectivity index (χ0) is 17.5. The topological polar surface area (TPSA) is 84.2 Å². The first kappa shape index (κ1) is 17.3. The molecule has 0 saturated carbocycles. The Hall–Kier alpha value is -2.54. The Balaban J connectivity index is 1.43. The van der Waals surface area contributed by atoms with E-state index in [4.69, 9.17) is 4.52 Å². The molecule has 1 atom stereocenters. The van der Waals surface area contributed by atoms with Gasteiger partial charge in [0.15, 0.2) is 5.82 Å². The fourth-order valence-electron chi connectivity index (χ4n) is 3.07. The van der Waals surface area contributed by atoms with Crippen LogP contribution < -0.4 is 5.32 Å². The number of aromatic nitrogens is 3. The molecule has 0 spiro atoms. The van der Waals surface area contributed by atoms with Crippen LogP contribution in [0.15, 0.2) is 35.5 Å². The number of nitrogens with zero attached hydrogens (tertiary/aromatic N) is 4. The molecule has 0 aromatic carbocycles. The maximum Gasteiger partial charge on any atom is 0.244 e. The zero-order valence-electron chi connectivity index (χ0n) is 14.4. The molecule has 25 heavy (non-hydrogen) atoms. The Kier molecular flexibility index (Phi) is 5.90. The first-order valence-electron chi connectivity index (χ1n) is 8.54. The SMILES string of the molecule is Cc1cncc(C=CC(=O)NCC2CCCN(Cc3ncon3)C2)c1. The second kappa shape index (κ2) is 8.53. The van der Waals surface area contributed by atoms with Crippen molar-refractivity contribution in [3.05, 3.63) is 47.9 Å². The van der Waals surface area contributed by atoms with Crippen molar-refractivity contribution in [2.75, 3.05) is 19.6 Å². The van der Waals surface area contributed by atoms with Gasteiger partial charge in [0.2, 0.25) is 12.3 Å². The van der Waals surface area contributed by atoms with E-state index < -0.39 is 0 Å². The number of pyridine rings is 1. The Bertz CT molecular complexity index is 714. The summed E-state index contributed by atoms with van der Waals surface area (Å²) < 4.78 is 4.78. The number of hydrogen-bond donors (Lipinski definition) is 1. The van der Waals surface area contributed by atoms with Crippen LogP contribution in [0.25, 0.3) is 6.08 Å². The minimum absolute atomic E-state index is 0.0724. The average molecular weight is 341 g/mol. The summed E-state index contributed by atoms with van der Waals surface area (Å²) >= 11 is 0. The van der Waals surface area contributed by atoms with E-state index in [1.165, 1.54) is 6.39 Å². The third-order valence-electron chi connectivity index (χ3n) is 4.26. The van der Waals surface area contributed by atoms with Gasteiger partial charge in [0, 0.05) is 31.6 Å². The van der Waals surface area contributed by atoms with Gasteiger partial charge >= 0.3 is 0 Å². The van der Waals surface area contributed by atoms with Crippen LogP contribution in [0.4, 0.5) is 0 Å². The number of aryl methyl sites for hydroxylation is 1. The molecule has 3 rings (SSSR count). The predicted octanol–water partition coefficient (Wildman–Crippen LogP) is 1.81. The lowest BCUT2D eigenvalue weighted by atomic mass is 9.98. The Morgan fingerprint density at radius 2 is 2.40 bits per heavy atom. The standard InChI is InChI=1S/C18H23N5O2/c1-14-7-15(9-19-8-14)4-5-18(24)20-10-16-3-2-6-23(11-16)12-17-21-13-25-22-17/h4-5,7-9,13,16H,2-3,6,10-12H2,1H3,(H,20,24). The van der Waals surface area contributed by atoms with Gasteiger partial charge in [0.1, 0.15) is 0 Å². The maximum atomic E-state index is 12.0. The molecule has 0 aliphatic carbocycles. The van der Waals surface area contributed by atoms with Gasteiger partial charge in [-0.05, 0) is 55.5 Å². The molecule has 0 bridgehead atoms. The van der Waals surface area contributed by atoms with Gasteiger partial charge in [0.05, 0.1) is 6.54 Å². The van der Waals surface area contributed by atoms with Gasteiger partial charge in [-0.25, -0.2) is 0 Å². The lowest BCUT2D eigenvalue weighted by molar-refractivity contribution is -0.116. The third kappa shape index (κ3) is 5.49. The van der Waals surface area contributed by atoms with E-state index in [1.807, 2.05) is 13.0 Å². The van der Waals surface area contributed by atoms with Crippen LogP contribution in [0.3, 0.4) is 0 Å². The second-order valence-corrected chi connectivity index (χ2v) is 6.46. The van der Waals surface area contributed by atoms with Crippen LogP contribution in [-0.4, -0.2) is 45.6 Å². The molecule has 1 aliphatic rings. The molecule has 1 unspecified atom stereocenters. The van der Waals surface area contributed by atoms with Crippen LogP contribution in [0, 0.1) is 12.8 Å². The van der Waals surface area contributed by atoms with Crippen molar-refractivity contribution in [3.8, 4) is 0 Å². The van der Waals surface area contributed by atoms with Crippen molar-refractivity contribution in [3.63, 3.8) is 0 Å². The van der Waals surface area contributed by atoms with Crippen molar-refractivity contribution in [1.29, 1.82) is 0 Å². The normalized spacial score (nSPS) is 18.5. The first-order chi connectivity index (χ1) is 12.2. The lowest BCUT2D eigenvalue weighted by Crippen LogP contribution is -2.40. The molecule has 2 aromatic heterocycles. The monoisotopic (exact) mass is 341 g/mol. The highest BCUT2D eigenvalue weighted by molar-refractivity contribution is 5.91. The molecule has 1 fully saturated rings. The number of piperidine rings is 1. The lowest BCUT2D eigenvalue weighted by Gasteiger charge is -2.31. The summed E-state index contributed by atoms with van der Waals surface area (Å²) in [7, 11) is 0. The number of hydrogen-bond acceptors (Lipinski definition) is 6. The quantitative estimate of drug-likeness (QED) is 0.807. The van der Waals surface area contributed by atoms with Crippen molar-refractivity contribution in [2.24, 2.45) is 5.92 Å². The van der Waals surface area contributed by atoms with Crippen LogP contribution in [0.5, 0.6) is 0 Å². The predicted molar refractivity (Wildman–Crippen MR) is 93.3 cm³/mol. The Labute approximate surface area is 147 Å². The molecular formula is C18H23N5O2. The fraction of sp³-hybridized carbons (Fsp3) is 0.444. The van der Waals surface area contributed by atoms with Crippen LogP contribution >= 0.6 is 0 Å². The van der Waals surface area contributed by atoms with E-state index in [0.717, 1.165) is 37.1 Å². The summed E-state index contributed by atoms with van der Waals surface area (Å²) in [5.41, 5.74) is 2.01. The van der Waals surface area contributed by atoms with E-state index in [2.05, 4.69) is 25.3 Å². The summed E-state index contributed by atoms with van der Waals surface area (Å²) in [6.07, 6.45) is 10.5. The molecule has 1 aliphatic heterocycles. The average Bonchev–Trinajstić information content (AvgIpc) is 3.11. The molecule has 1 amide bonds. The Morgan fingerprint density at radius 1 is 1.48 bits per heavy atom. The van der Waals surface area contributed by atoms with Gasteiger partial charge in [-0.1, -0.05) is 5.16 Å². The fourth-order valence-corrected chi connectivity index (χ4v) is 3.07.